The van der Waals surface area contributed by atoms with Crippen molar-refractivity contribution in [3.05, 3.63) is 11.8 Å². The molecule has 1 heterocycles. The van der Waals surface area contributed by atoms with Gasteiger partial charge in [-0.25, -0.2) is 10.6 Å². The largest absolute Gasteiger partial charge is 0.479 e. The summed E-state index contributed by atoms with van der Waals surface area (Å²) in [6.07, 6.45) is 2.30. The Labute approximate surface area is 65.3 Å². The zero-order valence-electron chi connectivity index (χ0n) is 6.66. The molecule has 0 fully saturated rings. The van der Waals surface area contributed by atoms with Crippen LogP contribution in [-0.4, -0.2) is 21.6 Å². The molecule has 4 heteroatoms. The van der Waals surface area contributed by atoms with Crippen molar-refractivity contribution in [1.29, 1.82) is 0 Å². The van der Waals surface area contributed by atoms with Crippen molar-refractivity contribution in [2.75, 3.05) is 0 Å². The van der Waals surface area contributed by atoms with Gasteiger partial charge >= 0.3 is 5.97 Å². The first kappa shape index (κ1) is 8.07. The van der Waals surface area contributed by atoms with Crippen molar-refractivity contribution < 1.29 is 9.90 Å². The number of rotatable bonds is 1. The van der Waals surface area contributed by atoms with Crippen LogP contribution in [0.25, 0.3) is 0 Å². The highest BCUT2D eigenvalue weighted by Crippen LogP contribution is 2.28. The number of carboxylic acids is 1. The maximum absolute atomic E-state index is 10.7. The standard InChI is InChI=1S/C7H12N2O2/c1-5-3-4-7(2,6(10)11)9(5)8/h3H,4,8H2,1-2H3,(H,10,11). The molecule has 1 aliphatic heterocycles. The average Bonchev–Trinajstić information content (AvgIpc) is 2.18. The van der Waals surface area contributed by atoms with Crippen molar-refractivity contribution in [2.24, 2.45) is 5.84 Å². The van der Waals surface area contributed by atoms with E-state index >= 15 is 0 Å². The van der Waals surface area contributed by atoms with E-state index in [9.17, 15) is 4.79 Å². The predicted molar refractivity (Wildman–Crippen MR) is 40.4 cm³/mol. The minimum atomic E-state index is -0.940. The topological polar surface area (TPSA) is 66.6 Å². The highest BCUT2D eigenvalue weighted by atomic mass is 16.4. The molecule has 0 aliphatic carbocycles. The van der Waals surface area contributed by atoms with Gasteiger partial charge in [-0.3, -0.25) is 5.01 Å². The van der Waals surface area contributed by atoms with Gasteiger partial charge in [0.15, 0.2) is 5.54 Å². The monoisotopic (exact) mass is 156 g/mol. The minimum absolute atomic E-state index is 0.477. The van der Waals surface area contributed by atoms with Crippen LogP contribution in [0.4, 0.5) is 0 Å². The zero-order chi connectivity index (χ0) is 8.65. The highest BCUT2D eigenvalue weighted by molar-refractivity contribution is 5.79. The van der Waals surface area contributed by atoms with E-state index in [1.165, 1.54) is 5.01 Å². The average molecular weight is 156 g/mol. The zero-order valence-corrected chi connectivity index (χ0v) is 6.66. The van der Waals surface area contributed by atoms with Crippen LogP contribution in [0.2, 0.25) is 0 Å². The quantitative estimate of drug-likeness (QED) is 0.536. The molecule has 1 rings (SSSR count). The van der Waals surface area contributed by atoms with Gasteiger partial charge in [0, 0.05) is 12.1 Å². The second-order valence-corrected chi connectivity index (χ2v) is 3.00. The predicted octanol–water partition coefficient (Wildman–Crippen LogP) is 0.313. The fourth-order valence-corrected chi connectivity index (χ4v) is 1.12. The van der Waals surface area contributed by atoms with Crippen LogP contribution in [0, 0.1) is 0 Å². The van der Waals surface area contributed by atoms with Crippen molar-refractivity contribution in [1.82, 2.24) is 5.01 Å². The second-order valence-electron chi connectivity index (χ2n) is 3.00. The molecule has 0 radical (unpaired) electrons. The Bertz CT molecular complexity index is 224. The van der Waals surface area contributed by atoms with Crippen LogP contribution >= 0.6 is 0 Å². The van der Waals surface area contributed by atoms with Gasteiger partial charge in [0.1, 0.15) is 0 Å². The van der Waals surface area contributed by atoms with Gasteiger partial charge < -0.3 is 5.11 Å². The first-order valence-electron chi connectivity index (χ1n) is 3.43. The summed E-state index contributed by atoms with van der Waals surface area (Å²) in [7, 11) is 0. The Kier molecular flexibility index (Phi) is 1.64. The van der Waals surface area contributed by atoms with Crippen LogP contribution in [0.1, 0.15) is 20.3 Å². The number of carbonyl (C=O) groups is 1. The van der Waals surface area contributed by atoms with Gasteiger partial charge in [-0.15, -0.1) is 0 Å². The molecule has 0 aromatic heterocycles. The summed E-state index contributed by atoms with van der Waals surface area (Å²) in [5.74, 6) is 4.66. The van der Waals surface area contributed by atoms with E-state index in [4.69, 9.17) is 10.9 Å². The normalized spacial score (nSPS) is 30.5. The molecular formula is C7H12N2O2. The molecular weight excluding hydrogens is 144 g/mol. The summed E-state index contributed by atoms with van der Waals surface area (Å²) >= 11 is 0. The maximum Gasteiger partial charge on any atom is 0.331 e. The highest BCUT2D eigenvalue weighted by Gasteiger charge is 2.41. The van der Waals surface area contributed by atoms with Gasteiger partial charge in [0.25, 0.3) is 0 Å². The third kappa shape index (κ3) is 0.991. The molecule has 0 spiro atoms. The Hall–Kier alpha value is -1.03. The van der Waals surface area contributed by atoms with E-state index in [1.54, 1.807) is 13.8 Å². The van der Waals surface area contributed by atoms with E-state index in [-0.39, 0.29) is 0 Å². The number of hydrogen-bond acceptors (Lipinski definition) is 3. The van der Waals surface area contributed by atoms with Gasteiger partial charge in [0.2, 0.25) is 0 Å². The van der Waals surface area contributed by atoms with E-state index in [2.05, 4.69) is 0 Å². The number of hydrazine groups is 1. The number of carboxylic acid groups (broad SMARTS) is 1. The van der Waals surface area contributed by atoms with Gasteiger partial charge in [0.05, 0.1) is 0 Å². The fraction of sp³-hybridized carbons (Fsp3) is 0.571. The molecule has 3 N–H and O–H groups in total. The summed E-state index contributed by atoms with van der Waals surface area (Å²) in [6.45, 7) is 3.41. The lowest BCUT2D eigenvalue weighted by molar-refractivity contribution is -0.148. The van der Waals surface area contributed by atoms with E-state index in [0.29, 0.717) is 6.42 Å². The molecule has 4 nitrogen and oxygen atoms in total. The molecule has 0 amide bonds. The molecule has 0 saturated carbocycles. The van der Waals surface area contributed by atoms with Crippen LogP contribution in [0.3, 0.4) is 0 Å². The third-order valence-corrected chi connectivity index (χ3v) is 2.17. The number of aliphatic carboxylic acids is 1. The number of allylic oxidation sites excluding steroid dienone is 1. The van der Waals surface area contributed by atoms with E-state index < -0.39 is 11.5 Å². The van der Waals surface area contributed by atoms with Crippen LogP contribution in [0.15, 0.2) is 11.8 Å². The van der Waals surface area contributed by atoms with E-state index in [1.807, 2.05) is 6.08 Å². The number of hydrogen-bond donors (Lipinski definition) is 2. The van der Waals surface area contributed by atoms with Crippen molar-refractivity contribution in [2.45, 2.75) is 25.8 Å². The van der Waals surface area contributed by atoms with Gasteiger partial charge in [-0.1, -0.05) is 6.08 Å². The van der Waals surface area contributed by atoms with Crippen LogP contribution < -0.4 is 5.84 Å². The van der Waals surface area contributed by atoms with Crippen molar-refractivity contribution in [3.8, 4) is 0 Å². The molecule has 62 valence electrons. The Morgan fingerprint density at radius 3 is 2.64 bits per heavy atom. The van der Waals surface area contributed by atoms with Crippen LogP contribution in [0.5, 0.6) is 0 Å². The maximum atomic E-state index is 10.7. The number of nitrogens with two attached hydrogens (primary N) is 1. The van der Waals surface area contributed by atoms with Crippen molar-refractivity contribution >= 4 is 5.97 Å². The lowest BCUT2D eigenvalue weighted by Crippen LogP contribution is -2.51. The minimum Gasteiger partial charge on any atom is -0.479 e. The van der Waals surface area contributed by atoms with Crippen molar-refractivity contribution in [3.63, 3.8) is 0 Å². The Balaban J connectivity index is 2.88. The molecule has 0 aromatic rings. The smallest absolute Gasteiger partial charge is 0.331 e. The third-order valence-electron chi connectivity index (χ3n) is 2.17. The SMILES string of the molecule is CC1=CCC(C)(C(=O)O)N1N. The fourth-order valence-electron chi connectivity index (χ4n) is 1.12. The first-order valence-corrected chi connectivity index (χ1v) is 3.43. The number of nitrogens with zero attached hydrogens (tertiary/aromatic N) is 1. The molecule has 0 bridgehead atoms. The Morgan fingerprint density at radius 2 is 2.45 bits per heavy atom. The molecule has 0 aromatic carbocycles. The first-order chi connectivity index (χ1) is 4.98. The van der Waals surface area contributed by atoms with Crippen LogP contribution in [-0.2, 0) is 4.79 Å². The lowest BCUT2D eigenvalue weighted by Gasteiger charge is -2.29. The molecule has 1 atom stereocenters. The summed E-state index contributed by atoms with van der Waals surface area (Å²) in [6, 6.07) is 0. The van der Waals surface area contributed by atoms with E-state index in [0.717, 1.165) is 5.70 Å². The second kappa shape index (κ2) is 2.23. The summed E-state index contributed by atoms with van der Waals surface area (Å²) in [5.41, 5.74) is -0.126. The Morgan fingerprint density at radius 1 is 1.91 bits per heavy atom. The lowest BCUT2D eigenvalue weighted by atomic mass is 10.0. The molecule has 1 unspecified atom stereocenters. The summed E-state index contributed by atoms with van der Waals surface area (Å²) in [4.78, 5) is 10.7. The summed E-state index contributed by atoms with van der Waals surface area (Å²) < 4.78 is 0. The molecule has 1 aliphatic rings. The van der Waals surface area contributed by atoms with Gasteiger partial charge in [-0.05, 0) is 13.8 Å². The summed E-state index contributed by atoms with van der Waals surface area (Å²) in [5, 5.41) is 10.1. The van der Waals surface area contributed by atoms with Gasteiger partial charge in [-0.2, -0.15) is 0 Å². The molecule has 11 heavy (non-hydrogen) atoms. The molecule has 0 saturated heterocycles.